The number of aromatic nitrogens is 2. The maximum atomic E-state index is 13.1. The third-order valence-electron chi connectivity index (χ3n) is 6.27. The van der Waals surface area contributed by atoms with Crippen molar-refractivity contribution in [2.75, 3.05) is 0 Å². The van der Waals surface area contributed by atoms with Crippen LogP contribution in [-0.4, -0.2) is 21.9 Å². The van der Waals surface area contributed by atoms with E-state index in [9.17, 15) is 9.59 Å². The smallest absolute Gasteiger partial charge is 0.314 e. The van der Waals surface area contributed by atoms with Crippen LogP contribution >= 0.6 is 0 Å². The lowest BCUT2D eigenvalue weighted by Crippen LogP contribution is -2.30. The van der Waals surface area contributed by atoms with Gasteiger partial charge in [-0.2, -0.15) is 5.10 Å². The van der Waals surface area contributed by atoms with Crippen molar-refractivity contribution in [2.24, 2.45) is 5.41 Å². The van der Waals surface area contributed by atoms with Crippen LogP contribution in [0.15, 0.2) is 71.5 Å². The van der Waals surface area contributed by atoms with Crippen LogP contribution in [0.5, 0.6) is 0 Å². The Hall–Kier alpha value is -3.21. The van der Waals surface area contributed by atoms with E-state index < -0.39 is 0 Å². The summed E-state index contributed by atoms with van der Waals surface area (Å²) in [5, 5.41) is 4.55. The number of hydrogen-bond donors (Lipinski definition) is 0. The van der Waals surface area contributed by atoms with Crippen LogP contribution in [0.4, 0.5) is 0 Å². The van der Waals surface area contributed by atoms with Crippen molar-refractivity contribution in [3.8, 4) is 11.3 Å². The van der Waals surface area contributed by atoms with Crippen molar-refractivity contribution in [1.82, 2.24) is 9.78 Å². The van der Waals surface area contributed by atoms with E-state index in [1.807, 2.05) is 54.6 Å². The summed E-state index contributed by atoms with van der Waals surface area (Å²) >= 11 is 0. The number of esters is 1. The van der Waals surface area contributed by atoms with Crippen LogP contribution in [0.25, 0.3) is 11.3 Å². The molecule has 2 aromatic carbocycles. The number of ether oxygens (including phenoxy) is 1. The molecule has 1 heterocycles. The molecule has 1 unspecified atom stereocenters. The summed E-state index contributed by atoms with van der Waals surface area (Å²) in [6, 6.07) is 21.0. The zero-order valence-electron chi connectivity index (χ0n) is 19.7. The molecule has 0 spiro atoms. The molecule has 1 aliphatic carbocycles. The highest BCUT2D eigenvalue weighted by Crippen LogP contribution is 2.37. The average molecular weight is 445 g/mol. The normalized spacial score (nSPS) is 15.4. The number of nitrogens with zero attached hydrogens (tertiary/aromatic N) is 2. The van der Waals surface area contributed by atoms with Gasteiger partial charge in [-0.1, -0.05) is 75.4 Å². The molecule has 33 heavy (non-hydrogen) atoms. The van der Waals surface area contributed by atoms with Gasteiger partial charge >= 0.3 is 5.97 Å². The molecule has 0 saturated heterocycles. The lowest BCUT2D eigenvalue weighted by atomic mass is 9.76. The molecule has 1 atom stereocenters. The highest BCUT2D eigenvalue weighted by Gasteiger charge is 2.35. The first-order valence-corrected chi connectivity index (χ1v) is 11.7. The molecule has 172 valence electrons. The molecule has 5 nitrogen and oxygen atoms in total. The van der Waals surface area contributed by atoms with E-state index in [1.54, 1.807) is 12.1 Å². The van der Waals surface area contributed by atoms with Crippen LogP contribution in [0.3, 0.4) is 0 Å². The third kappa shape index (κ3) is 5.59. The Kier molecular flexibility index (Phi) is 6.77. The van der Waals surface area contributed by atoms with Gasteiger partial charge in [-0.05, 0) is 48.3 Å². The first-order chi connectivity index (χ1) is 15.8. The Bertz CT molecular complexity index is 1140. The van der Waals surface area contributed by atoms with Gasteiger partial charge in [-0.25, -0.2) is 4.68 Å². The molecule has 0 amide bonds. The summed E-state index contributed by atoms with van der Waals surface area (Å²) in [4.78, 5) is 25.5. The second-order valence-corrected chi connectivity index (χ2v) is 9.96. The summed E-state index contributed by atoms with van der Waals surface area (Å²) in [7, 11) is 0. The summed E-state index contributed by atoms with van der Waals surface area (Å²) in [6.07, 6.45) is 4.24. The summed E-state index contributed by atoms with van der Waals surface area (Å²) in [5.41, 5.74) is 3.21. The lowest BCUT2D eigenvalue weighted by molar-refractivity contribution is -0.153. The number of hydrogen-bond acceptors (Lipinski definition) is 4. The predicted octanol–water partition coefficient (Wildman–Crippen LogP) is 5.57. The number of rotatable bonds is 6. The molecule has 5 heteroatoms. The zero-order chi connectivity index (χ0) is 23.4. The van der Waals surface area contributed by atoms with E-state index in [2.05, 4.69) is 25.9 Å². The van der Waals surface area contributed by atoms with Gasteiger partial charge in [0.25, 0.3) is 5.56 Å². The molecular formula is C28H32N2O3. The predicted molar refractivity (Wildman–Crippen MR) is 130 cm³/mol. The van der Waals surface area contributed by atoms with Crippen molar-refractivity contribution in [2.45, 2.75) is 65.0 Å². The Labute approximate surface area is 195 Å². The molecule has 0 aliphatic heterocycles. The molecule has 4 rings (SSSR count). The third-order valence-corrected chi connectivity index (χ3v) is 6.27. The van der Waals surface area contributed by atoms with E-state index in [0.717, 1.165) is 48.1 Å². The van der Waals surface area contributed by atoms with Gasteiger partial charge in [0, 0.05) is 11.6 Å². The number of benzene rings is 2. The van der Waals surface area contributed by atoms with Gasteiger partial charge in [0.2, 0.25) is 0 Å². The van der Waals surface area contributed by atoms with E-state index in [-0.39, 0.29) is 29.0 Å². The maximum Gasteiger partial charge on any atom is 0.314 e. The molecule has 1 aromatic heterocycles. The monoisotopic (exact) mass is 444 g/mol. The molecule has 0 radical (unpaired) electrons. The summed E-state index contributed by atoms with van der Waals surface area (Å²) in [6.45, 7) is 6.58. The van der Waals surface area contributed by atoms with E-state index in [0.29, 0.717) is 6.54 Å². The molecule has 0 bridgehead atoms. The Morgan fingerprint density at radius 1 is 1.00 bits per heavy atom. The minimum Gasteiger partial charge on any atom is -0.462 e. The highest BCUT2D eigenvalue weighted by molar-refractivity contribution is 5.79. The van der Waals surface area contributed by atoms with E-state index in [4.69, 9.17) is 4.74 Å². The van der Waals surface area contributed by atoms with Crippen LogP contribution in [-0.2, 0) is 16.1 Å². The molecular weight excluding hydrogens is 412 g/mol. The standard InChI is InChI=1S/C28H32N2O3/c1-28(2,3)26(27(32)33-23-11-7-8-12-23)22-15-13-20(14-16-22)19-30-25(31)18-17-24(29-30)21-9-5-4-6-10-21/h4-6,9-10,13-18,23,26H,7-8,11-12,19H2,1-3H3. The van der Waals surface area contributed by atoms with Gasteiger partial charge in [-0.15, -0.1) is 0 Å². The Morgan fingerprint density at radius 3 is 2.30 bits per heavy atom. The van der Waals surface area contributed by atoms with Crippen molar-refractivity contribution in [3.63, 3.8) is 0 Å². The van der Waals surface area contributed by atoms with Gasteiger partial charge in [0.15, 0.2) is 0 Å². The van der Waals surface area contributed by atoms with Crippen LogP contribution in [0, 0.1) is 5.41 Å². The largest absolute Gasteiger partial charge is 0.462 e. The first kappa shape index (κ1) is 23.0. The first-order valence-electron chi connectivity index (χ1n) is 11.7. The van der Waals surface area contributed by atoms with Gasteiger partial charge < -0.3 is 4.74 Å². The quantitative estimate of drug-likeness (QED) is 0.466. The average Bonchev–Trinajstić information content (AvgIpc) is 3.29. The molecule has 0 N–H and O–H groups in total. The molecule has 1 aliphatic rings. The van der Waals surface area contributed by atoms with Crippen molar-refractivity contribution in [1.29, 1.82) is 0 Å². The van der Waals surface area contributed by atoms with Crippen molar-refractivity contribution < 1.29 is 9.53 Å². The number of carbonyl (C=O) groups is 1. The maximum absolute atomic E-state index is 13.1. The van der Waals surface area contributed by atoms with E-state index in [1.165, 1.54) is 4.68 Å². The van der Waals surface area contributed by atoms with Gasteiger partial charge in [0.05, 0.1) is 18.2 Å². The molecule has 1 saturated carbocycles. The fraction of sp³-hybridized carbons (Fsp3) is 0.393. The van der Waals surface area contributed by atoms with Gasteiger partial charge in [0.1, 0.15) is 6.10 Å². The topological polar surface area (TPSA) is 61.2 Å². The fourth-order valence-corrected chi connectivity index (χ4v) is 4.54. The second kappa shape index (κ2) is 9.74. The minimum absolute atomic E-state index is 0.0523. The zero-order valence-corrected chi connectivity index (χ0v) is 19.7. The summed E-state index contributed by atoms with van der Waals surface area (Å²) < 4.78 is 7.34. The van der Waals surface area contributed by atoms with E-state index >= 15 is 0 Å². The second-order valence-electron chi connectivity index (χ2n) is 9.96. The highest BCUT2D eigenvalue weighted by atomic mass is 16.5. The number of carbonyl (C=O) groups excluding carboxylic acids is 1. The van der Waals surface area contributed by atoms with Crippen LogP contribution < -0.4 is 5.56 Å². The molecule has 1 fully saturated rings. The van der Waals surface area contributed by atoms with Crippen molar-refractivity contribution in [3.05, 3.63) is 88.2 Å². The summed E-state index contributed by atoms with van der Waals surface area (Å²) in [5.74, 6) is -0.481. The Balaban J connectivity index is 1.53. The van der Waals surface area contributed by atoms with Crippen LogP contribution in [0.2, 0.25) is 0 Å². The lowest BCUT2D eigenvalue weighted by Gasteiger charge is -2.30. The SMILES string of the molecule is CC(C)(C)C(C(=O)OC1CCCC1)c1ccc(Cn2nc(-c3ccccc3)ccc2=O)cc1. The van der Waals surface area contributed by atoms with Crippen LogP contribution in [0.1, 0.15) is 63.5 Å². The fourth-order valence-electron chi connectivity index (χ4n) is 4.54. The Morgan fingerprint density at radius 2 is 1.67 bits per heavy atom. The van der Waals surface area contributed by atoms with Gasteiger partial charge in [-0.3, -0.25) is 9.59 Å². The minimum atomic E-state index is -0.339. The van der Waals surface area contributed by atoms with Crippen molar-refractivity contribution >= 4 is 5.97 Å². The molecule has 3 aromatic rings.